The molecule has 21 heavy (non-hydrogen) atoms. The molecule has 1 aliphatic rings. The molecule has 1 aliphatic carbocycles. The highest BCUT2D eigenvalue weighted by atomic mass is 19.1. The van der Waals surface area contributed by atoms with Crippen molar-refractivity contribution in [2.24, 2.45) is 5.92 Å². The lowest BCUT2D eigenvalue weighted by Gasteiger charge is -2.26. The number of carbonyl (C=O) groups is 1. The van der Waals surface area contributed by atoms with Gasteiger partial charge in [-0.25, -0.2) is 9.18 Å². The molecule has 0 heterocycles. The van der Waals surface area contributed by atoms with Gasteiger partial charge in [0, 0.05) is 0 Å². The molecule has 2 unspecified atom stereocenters. The first-order chi connectivity index (χ1) is 9.88. The van der Waals surface area contributed by atoms with E-state index in [9.17, 15) is 23.7 Å². The summed E-state index contributed by atoms with van der Waals surface area (Å²) in [7, 11) is 0. The third-order valence-corrected chi connectivity index (χ3v) is 3.62. The minimum Gasteiger partial charge on any atom is -0.459 e. The van der Waals surface area contributed by atoms with Crippen molar-refractivity contribution in [2.75, 3.05) is 0 Å². The van der Waals surface area contributed by atoms with E-state index in [0.29, 0.717) is 30.9 Å². The van der Waals surface area contributed by atoms with E-state index in [4.69, 9.17) is 4.74 Å². The highest BCUT2D eigenvalue weighted by Gasteiger charge is 2.27. The van der Waals surface area contributed by atoms with Crippen molar-refractivity contribution in [3.05, 3.63) is 39.4 Å². The first-order valence-electron chi connectivity index (χ1n) is 6.73. The van der Waals surface area contributed by atoms with E-state index in [-0.39, 0.29) is 6.10 Å². The number of halogens is 2. The number of benzene rings is 1. The number of nitrogens with zero attached hydrogens (tertiary/aromatic N) is 1. The Bertz CT molecular complexity index is 576. The van der Waals surface area contributed by atoms with Crippen molar-refractivity contribution in [3.63, 3.8) is 0 Å². The molecule has 0 spiro atoms. The molecular weight excluding hydrogens is 284 g/mol. The molecule has 2 rings (SSSR count). The minimum atomic E-state index is -1.26. The maximum absolute atomic E-state index is 13.7. The maximum atomic E-state index is 13.7. The highest BCUT2D eigenvalue weighted by Crippen LogP contribution is 2.27. The fourth-order valence-corrected chi connectivity index (χ4v) is 2.53. The summed E-state index contributed by atoms with van der Waals surface area (Å²) >= 11 is 0. The molecule has 7 heteroatoms. The topological polar surface area (TPSA) is 69.4 Å². The van der Waals surface area contributed by atoms with Gasteiger partial charge in [-0.05, 0) is 31.2 Å². The van der Waals surface area contributed by atoms with Crippen LogP contribution in [-0.4, -0.2) is 17.0 Å². The van der Waals surface area contributed by atoms with Gasteiger partial charge in [-0.15, -0.1) is 0 Å². The van der Waals surface area contributed by atoms with Crippen LogP contribution >= 0.6 is 0 Å². The number of rotatable bonds is 3. The highest BCUT2D eigenvalue weighted by molar-refractivity contribution is 5.90. The minimum absolute atomic E-state index is 0.320. The Morgan fingerprint density at radius 2 is 2.05 bits per heavy atom. The van der Waals surface area contributed by atoms with Crippen molar-refractivity contribution >= 4 is 11.7 Å². The molecule has 0 bridgehead atoms. The van der Waals surface area contributed by atoms with Gasteiger partial charge in [0.25, 0.3) is 0 Å². The molecule has 1 saturated carbocycles. The summed E-state index contributed by atoms with van der Waals surface area (Å²) in [4.78, 5) is 21.3. The summed E-state index contributed by atoms with van der Waals surface area (Å²) < 4.78 is 32.3. The number of ether oxygens (including phenoxy) is 1. The monoisotopic (exact) mass is 299 g/mol. The van der Waals surface area contributed by atoms with Gasteiger partial charge in [-0.1, -0.05) is 13.3 Å². The van der Waals surface area contributed by atoms with Gasteiger partial charge in [-0.2, -0.15) is 4.39 Å². The van der Waals surface area contributed by atoms with Crippen LogP contribution in [0.25, 0.3) is 0 Å². The van der Waals surface area contributed by atoms with Gasteiger partial charge in [0.2, 0.25) is 5.82 Å². The van der Waals surface area contributed by atoms with Crippen LogP contribution in [0.2, 0.25) is 0 Å². The lowest BCUT2D eigenvalue weighted by atomic mass is 9.89. The number of nitro benzene ring substituents is 1. The van der Waals surface area contributed by atoms with Gasteiger partial charge in [0.15, 0.2) is 0 Å². The summed E-state index contributed by atoms with van der Waals surface area (Å²) in [6, 6.07) is 0.914. The predicted molar refractivity (Wildman–Crippen MR) is 69.8 cm³/mol. The fourth-order valence-electron chi connectivity index (χ4n) is 2.53. The Labute approximate surface area is 120 Å². The maximum Gasteiger partial charge on any atom is 0.341 e. The molecule has 0 N–H and O–H groups in total. The van der Waals surface area contributed by atoms with Gasteiger partial charge >= 0.3 is 11.7 Å². The van der Waals surface area contributed by atoms with E-state index in [2.05, 4.69) is 0 Å². The van der Waals surface area contributed by atoms with Crippen LogP contribution in [0.5, 0.6) is 0 Å². The SMILES string of the molecule is CC1CCCC(OC(=O)c2cc(F)c([N+](=O)[O-])cc2F)C1. The zero-order valence-corrected chi connectivity index (χ0v) is 11.5. The Kier molecular flexibility index (Phi) is 4.50. The molecule has 1 aromatic rings. The molecule has 0 aliphatic heterocycles. The normalized spacial score (nSPS) is 21.9. The summed E-state index contributed by atoms with van der Waals surface area (Å²) in [5.41, 5.74) is -1.62. The fraction of sp³-hybridized carbons (Fsp3) is 0.500. The van der Waals surface area contributed by atoms with Crippen molar-refractivity contribution in [1.82, 2.24) is 0 Å². The molecule has 0 radical (unpaired) electrons. The molecule has 2 atom stereocenters. The quantitative estimate of drug-likeness (QED) is 0.485. The predicted octanol–water partition coefficient (Wildman–Crippen LogP) is 3.61. The summed E-state index contributed by atoms with van der Waals surface area (Å²) in [6.07, 6.45) is 3.01. The molecule has 0 amide bonds. The Morgan fingerprint density at radius 1 is 1.33 bits per heavy atom. The third kappa shape index (κ3) is 3.53. The Balaban J connectivity index is 2.15. The number of hydrogen-bond acceptors (Lipinski definition) is 4. The average molecular weight is 299 g/mol. The lowest BCUT2D eigenvalue weighted by Crippen LogP contribution is -2.25. The van der Waals surface area contributed by atoms with Gasteiger partial charge in [0.05, 0.1) is 16.6 Å². The summed E-state index contributed by atoms with van der Waals surface area (Å²) in [6.45, 7) is 2.03. The zero-order valence-electron chi connectivity index (χ0n) is 11.5. The van der Waals surface area contributed by atoms with Gasteiger partial charge in [-0.3, -0.25) is 10.1 Å². The van der Waals surface area contributed by atoms with E-state index < -0.39 is 33.8 Å². The van der Waals surface area contributed by atoms with Crippen LogP contribution in [0.1, 0.15) is 43.0 Å². The molecule has 0 saturated heterocycles. The van der Waals surface area contributed by atoms with Gasteiger partial charge in [0.1, 0.15) is 11.9 Å². The standard InChI is InChI=1S/C14H15F2NO4/c1-8-3-2-4-9(5-8)21-14(18)10-6-12(16)13(17(19)20)7-11(10)15/h6-9H,2-5H2,1H3. The average Bonchev–Trinajstić information content (AvgIpc) is 2.40. The third-order valence-electron chi connectivity index (χ3n) is 3.62. The molecule has 114 valence electrons. The number of nitro groups is 1. The second-order valence-corrected chi connectivity index (χ2v) is 5.34. The molecule has 5 nitrogen and oxygen atoms in total. The smallest absolute Gasteiger partial charge is 0.341 e. The number of carbonyl (C=O) groups excluding carboxylic acids is 1. The largest absolute Gasteiger partial charge is 0.459 e. The van der Waals surface area contributed by atoms with E-state index in [0.717, 1.165) is 12.8 Å². The second kappa shape index (κ2) is 6.15. The first kappa shape index (κ1) is 15.3. The van der Waals surface area contributed by atoms with E-state index in [1.54, 1.807) is 0 Å². The van der Waals surface area contributed by atoms with Crippen LogP contribution in [0, 0.1) is 27.7 Å². The van der Waals surface area contributed by atoms with Crippen LogP contribution in [0.4, 0.5) is 14.5 Å². The Hall–Kier alpha value is -2.05. The summed E-state index contributed by atoms with van der Waals surface area (Å²) in [5, 5.41) is 10.5. The van der Waals surface area contributed by atoms with Crippen LogP contribution in [-0.2, 0) is 4.74 Å². The first-order valence-corrected chi connectivity index (χ1v) is 6.73. The van der Waals surface area contributed by atoms with E-state index in [1.165, 1.54) is 0 Å². The van der Waals surface area contributed by atoms with E-state index >= 15 is 0 Å². The molecular formula is C14H15F2NO4. The zero-order chi connectivity index (χ0) is 15.6. The van der Waals surface area contributed by atoms with Crippen molar-refractivity contribution in [1.29, 1.82) is 0 Å². The van der Waals surface area contributed by atoms with Crippen LogP contribution in [0.3, 0.4) is 0 Å². The summed E-state index contributed by atoms with van der Waals surface area (Å²) in [5.74, 6) is -2.99. The number of esters is 1. The van der Waals surface area contributed by atoms with E-state index in [1.807, 2.05) is 6.92 Å². The molecule has 0 aromatic heterocycles. The van der Waals surface area contributed by atoms with Crippen molar-refractivity contribution in [3.8, 4) is 0 Å². The van der Waals surface area contributed by atoms with Crippen LogP contribution < -0.4 is 0 Å². The van der Waals surface area contributed by atoms with Gasteiger partial charge < -0.3 is 4.74 Å². The molecule has 1 fully saturated rings. The second-order valence-electron chi connectivity index (χ2n) is 5.34. The Morgan fingerprint density at radius 3 is 2.67 bits per heavy atom. The lowest BCUT2D eigenvalue weighted by molar-refractivity contribution is -0.387. The number of hydrogen-bond donors (Lipinski definition) is 0. The van der Waals surface area contributed by atoms with Crippen LogP contribution in [0.15, 0.2) is 12.1 Å². The molecule has 1 aromatic carbocycles. The van der Waals surface area contributed by atoms with Crippen molar-refractivity contribution in [2.45, 2.75) is 38.7 Å². The van der Waals surface area contributed by atoms with Crippen molar-refractivity contribution < 1.29 is 23.2 Å².